The first-order chi connectivity index (χ1) is 8.74. The summed E-state index contributed by atoms with van der Waals surface area (Å²) in [6.45, 7) is 3.97. The second kappa shape index (κ2) is 8.27. The van der Waals surface area contributed by atoms with Crippen molar-refractivity contribution in [2.75, 3.05) is 26.4 Å². The van der Waals surface area contributed by atoms with Gasteiger partial charge in [0.25, 0.3) is 0 Å². The number of rotatable bonds is 8. The molecule has 0 spiro atoms. The molecule has 1 rings (SSSR count). The molecule has 18 heavy (non-hydrogen) atoms. The topological polar surface area (TPSA) is 65.0 Å². The van der Waals surface area contributed by atoms with E-state index in [1.807, 2.05) is 6.07 Å². The summed E-state index contributed by atoms with van der Waals surface area (Å²) < 4.78 is 15.0. The van der Waals surface area contributed by atoms with Gasteiger partial charge in [0.05, 0.1) is 19.8 Å². The first-order valence-corrected chi connectivity index (χ1v) is 5.51. The van der Waals surface area contributed by atoms with Crippen LogP contribution in [-0.4, -0.2) is 37.5 Å². The van der Waals surface area contributed by atoms with Crippen molar-refractivity contribution < 1.29 is 24.1 Å². The first-order valence-electron chi connectivity index (χ1n) is 5.51. The Bertz CT molecular complexity index is 374. The number of ether oxygens (including phenoxy) is 3. The van der Waals surface area contributed by atoms with Crippen molar-refractivity contribution in [2.45, 2.75) is 0 Å². The summed E-state index contributed by atoms with van der Waals surface area (Å²) in [6.07, 6.45) is 0. The van der Waals surface area contributed by atoms with Gasteiger partial charge in [-0.2, -0.15) is 0 Å². The van der Waals surface area contributed by atoms with E-state index in [9.17, 15) is 4.79 Å². The lowest BCUT2D eigenvalue weighted by Crippen LogP contribution is -2.15. The molecule has 1 aromatic rings. The smallest absolute Gasteiger partial charge is 0.373 e. The zero-order valence-electron chi connectivity index (χ0n) is 10.0. The van der Waals surface area contributed by atoms with Crippen LogP contribution in [0.4, 0.5) is 0 Å². The fraction of sp³-hybridized carbons (Fsp3) is 0.308. The van der Waals surface area contributed by atoms with Crippen molar-refractivity contribution in [1.29, 1.82) is 0 Å². The standard InChI is InChI=1S/C13H16O5/c1-11(18-12-5-3-2-4-6-12)13(15)17-10-9-16-8-7-14/h2-6,14H,1,7-10H2. The molecule has 0 saturated carbocycles. The van der Waals surface area contributed by atoms with E-state index in [0.29, 0.717) is 5.75 Å². The zero-order valence-corrected chi connectivity index (χ0v) is 10.0. The van der Waals surface area contributed by atoms with Gasteiger partial charge < -0.3 is 19.3 Å². The lowest BCUT2D eigenvalue weighted by Gasteiger charge is -2.08. The second-order valence-corrected chi connectivity index (χ2v) is 3.31. The van der Waals surface area contributed by atoms with Gasteiger partial charge in [-0.3, -0.25) is 0 Å². The highest BCUT2D eigenvalue weighted by Crippen LogP contribution is 2.12. The lowest BCUT2D eigenvalue weighted by atomic mass is 10.3. The SMILES string of the molecule is C=C(Oc1ccccc1)C(=O)OCCOCCO. The minimum absolute atomic E-state index is 0.0578. The molecule has 0 unspecified atom stereocenters. The summed E-state index contributed by atoms with van der Waals surface area (Å²) in [5, 5.41) is 8.46. The molecule has 0 radical (unpaired) electrons. The van der Waals surface area contributed by atoms with E-state index in [4.69, 9.17) is 19.3 Å². The average molecular weight is 252 g/mol. The third-order valence-electron chi connectivity index (χ3n) is 1.91. The largest absolute Gasteiger partial charge is 0.457 e. The highest BCUT2D eigenvalue weighted by molar-refractivity contribution is 5.86. The van der Waals surface area contributed by atoms with Crippen molar-refractivity contribution in [3.63, 3.8) is 0 Å². The molecule has 5 nitrogen and oxygen atoms in total. The van der Waals surface area contributed by atoms with E-state index in [1.54, 1.807) is 24.3 Å². The summed E-state index contributed by atoms with van der Waals surface area (Å²) in [5.74, 6) is -0.189. The van der Waals surface area contributed by atoms with Crippen molar-refractivity contribution in [3.8, 4) is 5.75 Å². The quantitative estimate of drug-likeness (QED) is 0.325. The predicted molar refractivity (Wildman–Crippen MR) is 65.1 cm³/mol. The summed E-state index contributed by atoms with van der Waals surface area (Å²) in [4.78, 5) is 11.4. The van der Waals surface area contributed by atoms with Gasteiger partial charge >= 0.3 is 5.97 Å². The number of benzene rings is 1. The van der Waals surface area contributed by atoms with Gasteiger partial charge in [0, 0.05) is 0 Å². The molecule has 0 fully saturated rings. The van der Waals surface area contributed by atoms with Crippen LogP contribution < -0.4 is 4.74 Å². The highest BCUT2D eigenvalue weighted by Gasteiger charge is 2.10. The van der Waals surface area contributed by atoms with Crippen LogP contribution in [0.5, 0.6) is 5.75 Å². The summed E-state index contributed by atoms with van der Waals surface area (Å²) in [5.41, 5.74) is 0. The second-order valence-electron chi connectivity index (χ2n) is 3.31. The van der Waals surface area contributed by atoms with Crippen molar-refractivity contribution in [2.24, 2.45) is 0 Å². The lowest BCUT2D eigenvalue weighted by molar-refractivity contribution is -0.143. The van der Waals surface area contributed by atoms with Crippen LogP contribution in [-0.2, 0) is 14.3 Å². The van der Waals surface area contributed by atoms with Crippen LogP contribution in [0.25, 0.3) is 0 Å². The maximum Gasteiger partial charge on any atom is 0.373 e. The molecule has 0 aromatic heterocycles. The molecule has 0 aliphatic heterocycles. The van der Waals surface area contributed by atoms with Gasteiger partial charge in [-0.05, 0) is 18.7 Å². The minimum Gasteiger partial charge on any atom is -0.457 e. The molecule has 5 heteroatoms. The Morgan fingerprint density at radius 1 is 1.17 bits per heavy atom. The van der Waals surface area contributed by atoms with E-state index < -0.39 is 5.97 Å². The van der Waals surface area contributed by atoms with Crippen LogP contribution >= 0.6 is 0 Å². The van der Waals surface area contributed by atoms with Gasteiger partial charge in [-0.25, -0.2) is 4.79 Å². The van der Waals surface area contributed by atoms with E-state index >= 15 is 0 Å². The molecule has 1 N–H and O–H groups in total. The van der Waals surface area contributed by atoms with E-state index in [-0.39, 0.29) is 32.2 Å². The van der Waals surface area contributed by atoms with Gasteiger partial charge in [-0.15, -0.1) is 0 Å². The molecule has 98 valence electrons. The van der Waals surface area contributed by atoms with Crippen LogP contribution in [0.1, 0.15) is 0 Å². The van der Waals surface area contributed by atoms with Gasteiger partial charge in [-0.1, -0.05) is 18.2 Å². The summed E-state index contributed by atoms with van der Waals surface area (Å²) in [6, 6.07) is 8.84. The Kier molecular flexibility index (Phi) is 6.53. The minimum atomic E-state index is -0.633. The fourth-order valence-electron chi connectivity index (χ4n) is 1.11. The Balaban J connectivity index is 2.23. The van der Waals surface area contributed by atoms with Crippen molar-refractivity contribution in [1.82, 2.24) is 0 Å². The Morgan fingerprint density at radius 3 is 2.56 bits per heavy atom. The Labute approximate surface area is 106 Å². The maximum atomic E-state index is 11.4. The fourth-order valence-corrected chi connectivity index (χ4v) is 1.11. The molecule has 0 atom stereocenters. The number of aliphatic hydroxyl groups is 1. The third-order valence-corrected chi connectivity index (χ3v) is 1.91. The summed E-state index contributed by atoms with van der Waals surface area (Å²) in [7, 11) is 0. The molecule has 0 amide bonds. The van der Waals surface area contributed by atoms with E-state index in [2.05, 4.69) is 6.58 Å². The molecule has 0 aliphatic carbocycles. The number of hydrogen-bond donors (Lipinski definition) is 1. The molecule has 0 aliphatic rings. The maximum absolute atomic E-state index is 11.4. The molecular formula is C13H16O5. The zero-order chi connectivity index (χ0) is 13.2. The van der Waals surface area contributed by atoms with Gasteiger partial charge in [0.15, 0.2) is 0 Å². The number of hydrogen-bond acceptors (Lipinski definition) is 5. The number of para-hydroxylation sites is 1. The predicted octanol–water partition coefficient (Wildman–Crippen LogP) is 1.13. The first kappa shape index (κ1) is 14.2. The third kappa shape index (κ3) is 5.47. The van der Waals surface area contributed by atoms with Crippen LogP contribution in [0.3, 0.4) is 0 Å². The number of aliphatic hydroxyl groups excluding tert-OH is 1. The molecule has 0 saturated heterocycles. The molecule has 0 heterocycles. The van der Waals surface area contributed by atoms with E-state index in [0.717, 1.165) is 0 Å². The van der Waals surface area contributed by atoms with Crippen LogP contribution in [0, 0.1) is 0 Å². The number of carbonyl (C=O) groups is 1. The number of carbonyl (C=O) groups excluding carboxylic acids is 1. The van der Waals surface area contributed by atoms with Gasteiger partial charge in [0.2, 0.25) is 5.76 Å². The van der Waals surface area contributed by atoms with E-state index in [1.165, 1.54) is 0 Å². The molecule has 1 aromatic carbocycles. The normalized spacial score (nSPS) is 9.83. The molecular weight excluding hydrogens is 236 g/mol. The monoisotopic (exact) mass is 252 g/mol. The Hall–Kier alpha value is -1.85. The number of esters is 1. The van der Waals surface area contributed by atoms with Crippen molar-refractivity contribution >= 4 is 5.97 Å². The van der Waals surface area contributed by atoms with Gasteiger partial charge in [0.1, 0.15) is 12.4 Å². The van der Waals surface area contributed by atoms with Crippen LogP contribution in [0.15, 0.2) is 42.7 Å². The molecule has 0 bridgehead atoms. The Morgan fingerprint density at radius 2 is 1.89 bits per heavy atom. The summed E-state index contributed by atoms with van der Waals surface area (Å²) >= 11 is 0. The van der Waals surface area contributed by atoms with Crippen molar-refractivity contribution in [3.05, 3.63) is 42.7 Å². The average Bonchev–Trinajstić information content (AvgIpc) is 2.39. The highest BCUT2D eigenvalue weighted by atomic mass is 16.6. The van der Waals surface area contributed by atoms with Crippen LogP contribution in [0.2, 0.25) is 0 Å².